The summed E-state index contributed by atoms with van der Waals surface area (Å²) in [6.07, 6.45) is 3.78. The second-order valence-corrected chi connectivity index (χ2v) is 8.06. The Hall–Kier alpha value is -3.33. The van der Waals surface area contributed by atoms with Crippen molar-refractivity contribution < 1.29 is 9.26 Å². The molecular weight excluding hydrogens is 384 g/mol. The van der Waals surface area contributed by atoms with Gasteiger partial charge in [0.05, 0.1) is 18.5 Å². The average molecular weight is 406 g/mol. The Labute approximate surface area is 172 Å². The molecule has 0 amide bonds. The molecule has 154 valence electrons. The SMILES string of the molecule is Cc1ccc([C@@]2(C)C[C@H](c3noc(Cn4cnc5ncn(C)c5c4=O)n3)CO2)cc1. The fraction of sp³-hybridized carbons (Fsp3) is 0.381. The summed E-state index contributed by atoms with van der Waals surface area (Å²) in [6.45, 7) is 4.83. The Balaban J connectivity index is 1.35. The van der Waals surface area contributed by atoms with Crippen molar-refractivity contribution in [3.8, 4) is 0 Å². The van der Waals surface area contributed by atoms with Crippen LogP contribution in [0.15, 0.2) is 46.2 Å². The Morgan fingerprint density at radius 1 is 1.20 bits per heavy atom. The minimum absolute atomic E-state index is 0.0307. The normalized spacial score (nSPS) is 21.5. The van der Waals surface area contributed by atoms with Gasteiger partial charge in [-0.05, 0) is 25.8 Å². The number of nitrogens with zero attached hydrogens (tertiary/aromatic N) is 6. The van der Waals surface area contributed by atoms with Gasteiger partial charge in [-0.25, -0.2) is 9.97 Å². The minimum atomic E-state index is -0.384. The van der Waals surface area contributed by atoms with Crippen LogP contribution < -0.4 is 5.56 Å². The molecule has 0 unspecified atom stereocenters. The van der Waals surface area contributed by atoms with Crippen LogP contribution in [-0.2, 0) is 23.9 Å². The number of hydrogen-bond acceptors (Lipinski definition) is 7. The van der Waals surface area contributed by atoms with Gasteiger partial charge >= 0.3 is 0 Å². The van der Waals surface area contributed by atoms with E-state index in [0.29, 0.717) is 29.5 Å². The van der Waals surface area contributed by atoms with Crippen molar-refractivity contribution in [2.45, 2.75) is 38.3 Å². The Kier molecular flexibility index (Phi) is 4.28. The summed E-state index contributed by atoms with van der Waals surface area (Å²) >= 11 is 0. The summed E-state index contributed by atoms with van der Waals surface area (Å²) in [4.78, 5) is 25.5. The van der Waals surface area contributed by atoms with Gasteiger partial charge in [0, 0.05) is 13.0 Å². The first kappa shape index (κ1) is 18.7. The molecule has 5 rings (SSSR count). The molecule has 3 aromatic heterocycles. The molecule has 1 aromatic carbocycles. The van der Waals surface area contributed by atoms with Gasteiger partial charge in [-0.3, -0.25) is 9.36 Å². The third kappa shape index (κ3) is 3.11. The lowest BCUT2D eigenvalue weighted by molar-refractivity contribution is 0.0163. The zero-order valence-electron chi connectivity index (χ0n) is 17.1. The molecule has 1 aliphatic rings. The molecule has 0 spiro atoms. The average Bonchev–Trinajstić information content (AvgIpc) is 3.44. The third-order valence-corrected chi connectivity index (χ3v) is 5.76. The van der Waals surface area contributed by atoms with Crippen LogP contribution in [0.1, 0.15) is 42.1 Å². The van der Waals surface area contributed by atoms with Crippen LogP contribution in [-0.4, -0.2) is 35.8 Å². The topological polar surface area (TPSA) is 101 Å². The minimum Gasteiger partial charge on any atom is -0.370 e. The van der Waals surface area contributed by atoms with E-state index in [4.69, 9.17) is 9.26 Å². The van der Waals surface area contributed by atoms with Crippen LogP contribution in [0, 0.1) is 6.92 Å². The highest BCUT2D eigenvalue weighted by atomic mass is 16.5. The maximum atomic E-state index is 12.7. The van der Waals surface area contributed by atoms with Crippen molar-refractivity contribution in [3.63, 3.8) is 0 Å². The molecule has 1 saturated heterocycles. The summed E-state index contributed by atoms with van der Waals surface area (Å²) in [5.74, 6) is 0.992. The van der Waals surface area contributed by atoms with E-state index in [-0.39, 0.29) is 23.6 Å². The second-order valence-electron chi connectivity index (χ2n) is 8.06. The van der Waals surface area contributed by atoms with Gasteiger partial charge in [0.25, 0.3) is 5.56 Å². The largest absolute Gasteiger partial charge is 0.370 e. The van der Waals surface area contributed by atoms with E-state index in [2.05, 4.69) is 58.2 Å². The number of rotatable bonds is 4. The van der Waals surface area contributed by atoms with Crippen LogP contribution >= 0.6 is 0 Å². The highest BCUT2D eigenvalue weighted by Gasteiger charge is 2.40. The zero-order chi connectivity index (χ0) is 20.9. The molecule has 0 saturated carbocycles. The van der Waals surface area contributed by atoms with E-state index in [1.807, 2.05) is 0 Å². The maximum absolute atomic E-state index is 12.7. The first-order valence-corrected chi connectivity index (χ1v) is 9.83. The lowest BCUT2D eigenvalue weighted by atomic mass is 9.88. The van der Waals surface area contributed by atoms with E-state index in [0.717, 1.165) is 12.0 Å². The Morgan fingerprint density at radius 3 is 2.77 bits per heavy atom. The van der Waals surface area contributed by atoms with E-state index in [1.165, 1.54) is 16.5 Å². The maximum Gasteiger partial charge on any atom is 0.280 e. The number of fused-ring (bicyclic) bond motifs is 1. The number of ether oxygens (including phenoxy) is 1. The number of aryl methyl sites for hydroxylation is 2. The zero-order valence-corrected chi connectivity index (χ0v) is 17.1. The van der Waals surface area contributed by atoms with Gasteiger partial charge in [0.15, 0.2) is 17.0 Å². The highest BCUT2D eigenvalue weighted by Crippen LogP contribution is 2.42. The fourth-order valence-electron chi connectivity index (χ4n) is 3.97. The van der Waals surface area contributed by atoms with Gasteiger partial charge in [0.2, 0.25) is 5.89 Å². The second kappa shape index (κ2) is 6.88. The first-order valence-electron chi connectivity index (χ1n) is 9.83. The van der Waals surface area contributed by atoms with Gasteiger partial charge in [-0.15, -0.1) is 0 Å². The standard InChI is InChI=1S/C21H22N6O3/c1-13-4-6-15(7-5-13)21(2)8-14(10-29-21)18-24-16(30-25-18)9-27-12-23-19-17(20(27)28)26(3)11-22-19/h4-7,11-12,14H,8-10H2,1-3H3/t14-,21+/m0/s1. The molecule has 2 atom stereocenters. The number of benzene rings is 1. The molecule has 0 N–H and O–H groups in total. The van der Waals surface area contributed by atoms with Crippen LogP contribution in [0.25, 0.3) is 11.2 Å². The quantitative estimate of drug-likeness (QED) is 0.512. The number of imidazole rings is 1. The van der Waals surface area contributed by atoms with Crippen molar-refractivity contribution >= 4 is 11.2 Å². The predicted molar refractivity (Wildman–Crippen MR) is 108 cm³/mol. The van der Waals surface area contributed by atoms with E-state index < -0.39 is 0 Å². The summed E-state index contributed by atoms with van der Waals surface area (Å²) < 4.78 is 14.7. The van der Waals surface area contributed by atoms with Crippen LogP contribution in [0.5, 0.6) is 0 Å². The summed E-state index contributed by atoms with van der Waals surface area (Å²) in [5, 5.41) is 4.15. The highest BCUT2D eigenvalue weighted by molar-refractivity contribution is 5.68. The van der Waals surface area contributed by atoms with Crippen molar-refractivity contribution in [3.05, 3.63) is 70.1 Å². The lowest BCUT2D eigenvalue weighted by Gasteiger charge is -2.23. The molecule has 30 heavy (non-hydrogen) atoms. The van der Waals surface area contributed by atoms with Crippen molar-refractivity contribution in [1.82, 2.24) is 29.2 Å². The van der Waals surface area contributed by atoms with E-state index >= 15 is 0 Å². The fourth-order valence-corrected chi connectivity index (χ4v) is 3.97. The van der Waals surface area contributed by atoms with Crippen molar-refractivity contribution in [2.75, 3.05) is 6.61 Å². The summed E-state index contributed by atoms with van der Waals surface area (Å²) in [6, 6.07) is 8.39. The molecule has 0 aliphatic carbocycles. The summed E-state index contributed by atoms with van der Waals surface area (Å²) in [7, 11) is 1.76. The first-order chi connectivity index (χ1) is 14.4. The summed E-state index contributed by atoms with van der Waals surface area (Å²) in [5.41, 5.74) is 2.63. The molecule has 0 bridgehead atoms. The van der Waals surface area contributed by atoms with Crippen LogP contribution in [0.4, 0.5) is 0 Å². The van der Waals surface area contributed by atoms with Crippen LogP contribution in [0.2, 0.25) is 0 Å². The van der Waals surface area contributed by atoms with Gasteiger partial charge in [-0.1, -0.05) is 35.0 Å². The molecule has 4 aromatic rings. The Morgan fingerprint density at radius 2 is 1.97 bits per heavy atom. The van der Waals surface area contributed by atoms with Gasteiger partial charge < -0.3 is 13.8 Å². The third-order valence-electron chi connectivity index (χ3n) is 5.76. The molecule has 1 fully saturated rings. The van der Waals surface area contributed by atoms with Crippen LogP contribution in [0.3, 0.4) is 0 Å². The van der Waals surface area contributed by atoms with E-state index in [1.54, 1.807) is 17.9 Å². The molecule has 9 heteroatoms. The van der Waals surface area contributed by atoms with Gasteiger partial charge in [0.1, 0.15) is 12.9 Å². The predicted octanol–water partition coefficient (Wildman–Crippen LogP) is 2.29. The molecular formula is C21H22N6O3. The molecule has 0 radical (unpaired) electrons. The van der Waals surface area contributed by atoms with Crippen molar-refractivity contribution in [2.24, 2.45) is 7.05 Å². The van der Waals surface area contributed by atoms with Gasteiger partial charge in [-0.2, -0.15) is 4.98 Å². The molecule has 9 nitrogen and oxygen atoms in total. The number of hydrogen-bond donors (Lipinski definition) is 0. The monoisotopic (exact) mass is 406 g/mol. The molecule has 4 heterocycles. The Bertz CT molecular complexity index is 1270. The molecule has 1 aliphatic heterocycles. The number of aromatic nitrogens is 6. The van der Waals surface area contributed by atoms with E-state index in [9.17, 15) is 4.79 Å². The lowest BCUT2D eigenvalue weighted by Crippen LogP contribution is -2.22. The smallest absolute Gasteiger partial charge is 0.280 e. The van der Waals surface area contributed by atoms with Crippen molar-refractivity contribution in [1.29, 1.82) is 0 Å².